The average Bonchev–Trinajstić information content (AvgIpc) is 3.83. The van der Waals surface area contributed by atoms with E-state index in [0.717, 1.165) is 56.1 Å². The van der Waals surface area contributed by atoms with E-state index in [1.54, 1.807) is 38.5 Å². The van der Waals surface area contributed by atoms with Gasteiger partial charge in [0.25, 0.3) is 0 Å². The molecule has 0 aliphatic heterocycles. The topological polar surface area (TPSA) is 18.5 Å². The second-order valence-electron chi connectivity index (χ2n) is 18.1. The maximum absolute atomic E-state index is 17.0. The lowest BCUT2D eigenvalue weighted by molar-refractivity contribution is -0.254. The molecule has 2 nitrogen and oxygen atoms in total. The van der Waals surface area contributed by atoms with Gasteiger partial charge in [-0.05, 0) is 131 Å². The van der Waals surface area contributed by atoms with Gasteiger partial charge >= 0.3 is 17.8 Å². The Balaban J connectivity index is 1.59. The number of allylic oxidation sites excluding steroid dienone is 2. The van der Waals surface area contributed by atoms with Crippen LogP contribution in [0.15, 0.2) is 84.9 Å². The van der Waals surface area contributed by atoms with Crippen LogP contribution in [0, 0.1) is 27.7 Å². The number of hydrogen-bond acceptors (Lipinski definition) is 4. The SMILES string of the molecule is COc1c(C)cc(-c2cc(C3=C(c4cc(-c5cc(C)c(OC)c(C)c5)sc4-c4ccc(C(C)(C)C)cc4)C(F)(F)C(F)(F)C3(F)F)c(-c3ccc(C(C)(C)C)cc3)s2)cc1C. The van der Waals surface area contributed by atoms with Gasteiger partial charge in [0.1, 0.15) is 11.5 Å². The molecule has 0 saturated heterocycles. The number of benzene rings is 4. The van der Waals surface area contributed by atoms with Crippen molar-refractivity contribution in [2.75, 3.05) is 14.2 Å². The first-order valence-corrected chi connectivity index (χ1v) is 21.7. The summed E-state index contributed by atoms with van der Waals surface area (Å²) in [6.45, 7) is 19.6. The van der Waals surface area contributed by atoms with Gasteiger partial charge < -0.3 is 9.47 Å². The van der Waals surface area contributed by atoms with Gasteiger partial charge in [-0.2, -0.15) is 26.3 Å². The molecule has 1 aliphatic rings. The Morgan fingerprint density at radius 3 is 1.00 bits per heavy atom. The minimum absolute atomic E-state index is 0.176. The molecule has 6 aromatic rings. The standard InChI is InChI=1S/C51H50F6O2S2/c1-27-21-33(22-28(2)43(27)58-11)39-25-37(45(60-39)31-13-17-35(18-14-31)47(5,6)7)41-42(50(54,55)51(56,57)49(41,52)53)38-26-40(34-23-29(3)44(59-12)30(4)24-34)61-46(38)32-15-19-36(20-16-32)48(8,9)10/h13-26H,1-12H3. The number of methoxy groups -OCH3 is 2. The number of hydrogen-bond donors (Lipinski definition) is 0. The van der Waals surface area contributed by atoms with Crippen molar-refractivity contribution < 1.29 is 35.8 Å². The van der Waals surface area contributed by atoms with Crippen molar-refractivity contribution in [3.8, 4) is 53.3 Å². The van der Waals surface area contributed by atoms with Crippen LogP contribution in [0.4, 0.5) is 26.3 Å². The molecule has 0 N–H and O–H groups in total. The van der Waals surface area contributed by atoms with E-state index in [1.165, 1.54) is 12.1 Å². The fraction of sp³-hybridized carbons (Fsp3) is 0.333. The second-order valence-corrected chi connectivity index (χ2v) is 20.2. The van der Waals surface area contributed by atoms with Crippen molar-refractivity contribution in [3.63, 3.8) is 0 Å². The van der Waals surface area contributed by atoms with Gasteiger partial charge in [0.2, 0.25) is 0 Å². The Morgan fingerprint density at radius 1 is 0.443 bits per heavy atom. The first kappa shape index (κ1) is 44.3. The van der Waals surface area contributed by atoms with E-state index in [9.17, 15) is 0 Å². The van der Waals surface area contributed by atoms with Crippen LogP contribution in [-0.2, 0) is 10.8 Å². The van der Waals surface area contributed by atoms with Gasteiger partial charge in [-0.3, -0.25) is 0 Å². The number of rotatable bonds is 8. The molecule has 61 heavy (non-hydrogen) atoms. The summed E-state index contributed by atoms with van der Waals surface area (Å²) in [6.07, 6.45) is 0. The minimum atomic E-state index is -5.77. The van der Waals surface area contributed by atoms with E-state index in [-0.39, 0.29) is 31.7 Å². The van der Waals surface area contributed by atoms with Gasteiger partial charge in [0, 0.05) is 41.8 Å². The van der Waals surface area contributed by atoms with E-state index < -0.39 is 28.9 Å². The Bertz CT molecular complexity index is 2460. The van der Waals surface area contributed by atoms with Crippen LogP contribution < -0.4 is 9.47 Å². The number of ether oxygens (including phenoxy) is 2. The van der Waals surface area contributed by atoms with Gasteiger partial charge in [-0.25, -0.2) is 0 Å². The summed E-state index contributed by atoms with van der Waals surface area (Å²) in [5.74, 6) is -15.0. The molecule has 2 aromatic heterocycles. The molecule has 0 unspecified atom stereocenters. The van der Waals surface area contributed by atoms with Crippen LogP contribution in [0.2, 0.25) is 0 Å². The number of thiophene rings is 2. The first-order chi connectivity index (χ1) is 28.3. The third-order valence-corrected chi connectivity index (χ3v) is 14.1. The van der Waals surface area contributed by atoms with Gasteiger partial charge in [0.05, 0.1) is 14.2 Å². The Labute approximate surface area is 362 Å². The smallest absolute Gasteiger partial charge is 0.380 e. The lowest BCUT2D eigenvalue weighted by atomic mass is 9.86. The van der Waals surface area contributed by atoms with E-state index in [0.29, 0.717) is 43.5 Å². The van der Waals surface area contributed by atoms with Gasteiger partial charge in [0.15, 0.2) is 0 Å². The van der Waals surface area contributed by atoms with Crippen molar-refractivity contribution in [2.45, 2.75) is 97.8 Å². The van der Waals surface area contributed by atoms with Gasteiger partial charge in [-0.15, -0.1) is 22.7 Å². The van der Waals surface area contributed by atoms with E-state index >= 15 is 26.3 Å². The zero-order valence-electron chi connectivity index (χ0n) is 36.5. The molecule has 4 aromatic carbocycles. The molecule has 0 radical (unpaired) electrons. The third kappa shape index (κ3) is 7.41. The van der Waals surface area contributed by atoms with Crippen LogP contribution in [0.5, 0.6) is 11.5 Å². The molecule has 0 bridgehead atoms. The predicted octanol–water partition coefficient (Wildman–Crippen LogP) is 16.2. The maximum atomic E-state index is 17.0. The minimum Gasteiger partial charge on any atom is -0.496 e. The van der Waals surface area contributed by atoms with Crippen molar-refractivity contribution in [1.29, 1.82) is 0 Å². The summed E-state index contributed by atoms with van der Waals surface area (Å²) in [5.41, 5.74) is 3.07. The number of halogens is 6. The molecule has 320 valence electrons. The molecular weight excluding hydrogens is 823 g/mol. The van der Waals surface area contributed by atoms with Crippen LogP contribution >= 0.6 is 22.7 Å². The van der Waals surface area contributed by atoms with Crippen molar-refractivity contribution >= 4 is 33.8 Å². The van der Waals surface area contributed by atoms with E-state index in [1.807, 2.05) is 118 Å². The summed E-state index contributed by atoms with van der Waals surface area (Å²) >= 11 is 2.20. The largest absolute Gasteiger partial charge is 0.496 e. The monoisotopic (exact) mass is 872 g/mol. The highest BCUT2D eigenvalue weighted by atomic mass is 32.1. The van der Waals surface area contributed by atoms with Crippen LogP contribution in [0.25, 0.3) is 52.9 Å². The summed E-state index contributed by atoms with van der Waals surface area (Å²) in [7, 11) is 3.10. The molecule has 0 saturated carbocycles. The molecule has 10 heteroatoms. The van der Waals surface area contributed by atoms with Gasteiger partial charge in [-0.1, -0.05) is 90.1 Å². The Hall–Kier alpha value is -4.80. The second kappa shape index (κ2) is 15.2. The normalized spacial score (nSPS) is 16.0. The highest BCUT2D eigenvalue weighted by molar-refractivity contribution is 7.19. The molecule has 0 spiro atoms. The van der Waals surface area contributed by atoms with Crippen LogP contribution in [0.1, 0.15) is 86.1 Å². The van der Waals surface area contributed by atoms with Crippen molar-refractivity contribution in [3.05, 3.63) is 129 Å². The molecule has 0 fully saturated rings. The lowest BCUT2D eigenvalue weighted by Gasteiger charge is -2.26. The highest BCUT2D eigenvalue weighted by Crippen LogP contribution is 2.67. The molecule has 0 amide bonds. The van der Waals surface area contributed by atoms with Crippen molar-refractivity contribution in [2.24, 2.45) is 0 Å². The summed E-state index contributed by atoms with van der Waals surface area (Å²) < 4.78 is 112. The zero-order chi connectivity index (χ0) is 44.8. The Kier molecular flexibility index (Phi) is 11.0. The average molecular weight is 873 g/mol. The Morgan fingerprint density at radius 2 is 0.738 bits per heavy atom. The molecule has 7 rings (SSSR count). The molecular formula is C51H50F6O2S2. The van der Waals surface area contributed by atoms with Crippen molar-refractivity contribution in [1.82, 2.24) is 0 Å². The predicted molar refractivity (Wildman–Crippen MR) is 241 cm³/mol. The third-order valence-electron chi connectivity index (χ3n) is 11.6. The summed E-state index contributed by atoms with van der Waals surface area (Å²) in [5, 5.41) is 0. The van der Waals surface area contributed by atoms with E-state index in [4.69, 9.17) is 9.47 Å². The summed E-state index contributed by atoms with van der Waals surface area (Å²) in [4.78, 5) is 1.26. The molecule has 1 aliphatic carbocycles. The van der Waals surface area contributed by atoms with Crippen LogP contribution in [-0.4, -0.2) is 32.0 Å². The molecule has 2 heterocycles. The fourth-order valence-corrected chi connectivity index (χ4v) is 10.7. The number of aryl methyl sites for hydroxylation is 4. The first-order valence-electron chi connectivity index (χ1n) is 20.0. The quantitative estimate of drug-likeness (QED) is 0.142. The summed E-state index contributed by atoms with van der Waals surface area (Å²) in [6, 6.07) is 24.4. The van der Waals surface area contributed by atoms with Crippen LogP contribution in [0.3, 0.4) is 0 Å². The molecule has 0 atom stereocenters. The zero-order valence-corrected chi connectivity index (χ0v) is 38.1. The number of alkyl halides is 6. The lowest BCUT2D eigenvalue weighted by Crippen LogP contribution is -2.48. The highest BCUT2D eigenvalue weighted by Gasteiger charge is 2.80. The fourth-order valence-electron chi connectivity index (χ4n) is 8.37. The maximum Gasteiger partial charge on any atom is 0.380 e. The van der Waals surface area contributed by atoms with E-state index in [2.05, 4.69) is 0 Å².